The zero-order valence-corrected chi connectivity index (χ0v) is 14.4. The lowest BCUT2D eigenvalue weighted by atomic mass is 9.94. The molecule has 1 aromatic rings. The lowest BCUT2D eigenvalue weighted by molar-refractivity contribution is -0.122. The Hall–Kier alpha value is -0.770. The Kier molecular flexibility index (Phi) is 9.67. The van der Waals surface area contributed by atoms with Crippen LogP contribution in [0.2, 0.25) is 5.02 Å². The molecule has 0 saturated carbocycles. The molecule has 0 fully saturated rings. The van der Waals surface area contributed by atoms with E-state index < -0.39 is 5.54 Å². The number of amides is 1. The number of nitrogens with two attached hydrogens (primary N) is 1. The molecule has 0 bridgehead atoms. The van der Waals surface area contributed by atoms with Crippen LogP contribution in [0.1, 0.15) is 51.5 Å². The summed E-state index contributed by atoms with van der Waals surface area (Å²) in [4.78, 5) is 12.0. The third-order valence-electron chi connectivity index (χ3n) is 3.36. The van der Waals surface area contributed by atoms with Gasteiger partial charge in [-0.1, -0.05) is 36.6 Å². The smallest absolute Gasteiger partial charge is 0.220 e. The van der Waals surface area contributed by atoms with Crippen molar-refractivity contribution < 1.29 is 4.79 Å². The number of unbranched alkanes of at least 4 members (excludes halogenated alkanes) is 3. The Morgan fingerprint density at radius 2 is 1.90 bits per heavy atom. The summed E-state index contributed by atoms with van der Waals surface area (Å²) in [6, 6.07) is 7.61. The molecule has 3 nitrogen and oxygen atoms in total. The van der Waals surface area contributed by atoms with E-state index in [1.807, 2.05) is 38.1 Å². The monoisotopic (exact) mass is 332 g/mol. The molecule has 0 saturated heterocycles. The van der Waals surface area contributed by atoms with Crippen LogP contribution in [0.15, 0.2) is 24.3 Å². The van der Waals surface area contributed by atoms with Gasteiger partial charge in [0.05, 0.1) is 5.54 Å². The minimum atomic E-state index is -0.404. The molecule has 0 aliphatic rings. The zero-order valence-electron chi connectivity index (χ0n) is 12.8. The third kappa shape index (κ3) is 7.70. The van der Waals surface area contributed by atoms with Crippen molar-refractivity contribution in [3.05, 3.63) is 34.9 Å². The summed E-state index contributed by atoms with van der Waals surface area (Å²) >= 11 is 6.00. The highest BCUT2D eigenvalue weighted by atomic mass is 35.5. The Morgan fingerprint density at radius 3 is 2.52 bits per heavy atom. The van der Waals surface area contributed by atoms with Crippen LogP contribution in [-0.2, 0) is 10.3 Å². The van der Waals surface area contributed by atoms with Crippen molar-refractivity contribution in [2.24, 2.45) is 5.73 Å². The van der Waals surface area contributed by atoms with Gasteiger partial charge < -0.3 is 11.1 Å². The van der Waals surface area contributed by atoms with Crippen LogP contribution in [0.3, 0.4) is 0 Å². The van der Waals surface area contributed by atoms with Crippen molar-refractivity contribution >= 4 is 29.9 Å². The zero-order chi connectivity index (χ0) is 15.0. The Bertz CT molecular complexity index is 436. The van der Waals surface area contributed by atoms with Gasteiger partial charge in [0.15, 0.2) is 0 Å². The summed E-state index contributed by atoms with van der Waals surface area (Å²) in [5.41, 5.74) is 6.05. The van der Waals surface area contributed by atoms with Crippen molar-refractivity contribution in [3.63, 3.8) is 0 Å². The predicted molar refractivity (Wildman–Crippen MR) is 92.0 cm³/mol. The SMILES string of the molecule is CC(C)(NC(=O)CCCCCCN)c1cccc(Cl)c1.Cl. The van der Waals surface area contributed by atoms with Crippen LogP contribution < -0.4 is 11.1 Å². The Balaban J connectivity index is 0.00000400. The first kappa shape index (κ1) is 20.2. The van der Waals surface area contributed by atoms with E-state index in [0.717, 1.165) is 37.8 Å². The van der Waals surface area contributed by atoms with Gasteiger partial charge in [-0.15, -0.1) is 12.4 Å². The predicted octanol–water partition coefficient (Wildman–Crippen LogP) is 4.02. The number of hydrogen-bond acceptors (Lipinski definition) is 2. The van der Waals surface area contributed by atoms with E-state index in [-0.39, 0.29) is 18.3 Å². The molecule has 1 amide bonds. The van der Waals surface area contributed by atoms with Crippen LogP contribution in [0, 0.1) is 0 Å². The van der Waals surface area contributed by atoms with Crippen LogP contribution in [-0.4, -0.2) is 12.5 Å². The molecule has 120 valence electrons. The number of nitrogens with one attached hydrogen (secondary N) is 1. The Morgan fingerprint density at radius 1 is 1.24 bits per heavy atom. The number of halogens is 2. The van der Waals surface area contributed by atoms with Gasteiger partial charge in [0.2, 0.25) is 5.91 Å². The maximum absolute atomic E-state index is 12.0. The lowest BCUT2D eigenvalue weighted by Gasteiger charge is -2.27. The van der Waals surface area contributed by atoms with E-state index >= 15 is 0 Å². The van der Waals surface area contributed by atoms with Gasteiger partial charge in [0, 0.05) is 11.4 Å². The molecule has 1 aromatic carbocycles. The molecule has 0 spiro atoms. The number of hydrogen-bond donors (Lipinski definition) is 2. The molecular weight excluding hydrogens is 307 g/mol. The number of rotatable bonds is 8. The normalized spacial score (nSPS) is 10.9. The van der Waals surface area contributed by atoms with Crippen LogP contribution >= 0.6 is 24.0 Å². The van der Waals surface area contributed by atoms with Crippen molar-refractivity contribution in [2.45, 2.75) is 51.5 Å². The number of carbonyl (C=O) groups excluding carboxylic acids is 1. The fourth-order valence-electron chi connectivity index (χ4n) is 2.14. The molecule has 1 rings (SSSR count). The van der Waals surface area contributed by atoms with Crippen LogP contribution in [0.25, 0.3) is 0 Å². The molecule has 0 aromatic heterocycles. The van der Waals surface area contributed by atoms with Crippen molar-refractivity contribution in [2.75, 3.05) is 6.54 Å². The molecule has 3 N–H and O–H groups in total. The summed E-state index contributed by atoms with van der Waals surface area (Å²) < 4.78 is 0. The minimum Gasteiger partial charge on any atom is -0.347 e. The largest absolute Gasteiger partial charge is 0.347 e. The van der Waals surface area contributed by atoms with Gasteiger partial charge in [-0.2, -0.15) is 0 Å². The van der Waals surface area contributed by atoms with Crippen LogP contribution in [0.5, 0.6) is 0 Å². The molecule has 0 heterocycles. The molecule has 0 radical (unpaired) electrons. The van der Waals surface area contributed by atoms with Gasteiger partial charge in [0.1, 0.15) is 0 Å². The second kappa shape index (κ2) is 10.0. The van der Waals surface area contributed by atoms with Crippen molar-refractivity contribution in [3.8, 4) is 0 Å². The first-order valence-electron chi connectivity index (χ1n) is 7.23. The van der Waals surface area contributed by atoms with E-state index in [1.54, 1.807) is 0 Å². The third-order valence-corrected chi connectivity index (χ3v) is 3.59. The van der Waals surface area contributed by atoms with E-state index in [1.165, 1.54) is 0 Å². The van der Waals surface area contributed by atoms with Crippen molar-refractivity contribution in [1.82, 2.24) is 5.32 Å². The average Bonchev–Trinajstić information content (AvgIpc) is 2.38. The topological polar surface area (TPSA) is 55.1 Å². The van der Waals surface area contributed by atoms with Gasteiger partial charge in [-0.25, -0.2) is 0 Å². The molecule has 0 aliphatic carbocycles. The summed E-state index contributed by atoms with van der Waals surface area (Å²) in [6.45, 7) is 4.71. The van der Waals surface area contributed by atoms with E-state index in [9.17, 15) is 4.79 Å². The lowest BCUT2D eigenvalue weighted by Crippen LogP contribution is -2.40. The van der Waals surface area contributed by atoms with E-state index in [2.05, 4.69) is 5.32 Å². The first-order valence-corrected chi connectivity index (χ1v) is 7.60. The summed E-state index contributed by atoms with van der Waals surface area (Å²) in [7, 11) is 0. The highest BCUT2D eigenvalue weighted by Crippen LogP contribution is 2.23. The first-order chi connectivity index (χ1) is 9.45. The highest BCUT2D eigenvalue weighted by Gasteiger charge is 2.22. The molecular formula is C16H26Cl2N2O. The average molecular weight is 333 g/mol. The summed E-state index contributed by atoms with van der Waals surface area (Å²) in [6.07, 6.45) is 4.67. The molecule has 0 unspecified atom stereocenters. The summed E-state index contributed by atoms with van der Waals surface area (Å²) in [5.74, 6) is 0.0859. The second-order valence-electron chi connectivity index (χ2n) is 5.64. The quantitative estimate of drug-likeness (QED) is 0.706. The van der Waals surface area contributed by atoms with Gasteiger partial charge in [-0.05, 0) is 50.9 Å². The van der Waals surface area contributed by atoms with E-state index in [4.69, 9.17) is 17.3 Å². The fourth-order valence-corrected chi connectivity index (χ4v) is 2.33. The van der Waals surface area contributed by atoms with Gasteiger partial charge >= 0.3 is 0 Å². The Labute approximate surface area is 139 Å². The number of benzene rings is 1. The molecule has 21 heavy (non-hydrogen) atoms. The standard InChI is InChI=1S/C16H25ClN2O.ClH/c1-16(2,13-8-7-9-14(17)12-13)19-15(20)10-5-3-4-6-11-18;/h7-9,12H,3-6,10-11,18H2,1-2H3,(H,19,20);1H. The van der Waals surface area contributed by atoms with E-state index in [0.29, 0.717) is 11.4 Å². The minimum absolute atomic E-state index is 0. The number of carbonyl (C=O) groups is 1. The second-order valence-corrected chi connectivity index (χ2v) is 6.07. The van der Waals surface area contributed by atoms with Gasteiger partial charge in [0.25, 0.3) is 0 Å². The fraction of sp³-hybridized carbons (Fsp3) is 0.562. The molecule has 5 heteroatoms. The molecule has 0 aliphatic heterocycles. The highest BCUT2D eigenvalue weighted by molar-refractivity contribution is 6.30. The maximum Gasteiger partial charge on any atom is 0.220 e. The molecule has 0 atom stereocenters. The van der Waals surface area contributed by atoms with Gasteiger partial charge in [-0.3, -0.25) is 4.79 Å². The van der Waals surface area contributed by atoms with Crippen molar-refractivity contribution in [1.29, 1.82) is 0 Å². The summed E-state index contributed by atoms with van der Waals surface area (Å²) in [5, 5.41) is 3.76. The maximum atomic E-state index is 12.0. The van der Waals surface area contributed by atoms with Crippen LogP contribution in [0.4, 0.5) is 0 Å².